The summed E-state index contributed by atoms with van der Waals surface area (Å²) in [5, 5.41) is 7.06. The molecule has 5 heteroatoms. The molecule has 1 aromatic heterocycles. The molecule has 7 heavy (non-hydrogen) atoms. The van der Waals surface area contributed by atoms with Crippen molar-refractivity contribution in [3.8, 4) is 0 Å². The molecule has 0 saturated heterocycles. The maximum absolute atomic E-state index is 3.88. The van der Waals surface area contributed by atoms with Gasteiger partial charge < -0.3 is 0 Å². The fraction of sp³-hybridized carbons (Fsp3) is 0. The largest absolute Gasteiger partial charge is 0.170 e. The van der Waals surface area contributed by atoms with E-state index in [0.717, 1.165) is 4.34 Å². The molecule has 0 aliphatic heterocycles. The van der Waals surface area contributed by atoms with Gasteiger partial charge in [-0.15, -0.1) is 22.8 Å². The van der Waals surface area contributed by atoms with E-state index < -0.39 is 0 Å². The van der Waals surface area contributed by atoms with Crippen LogP contribution < -0.4 is 0 Å². The Hall–Kier alpha value is 0.507. The van der Waals surface area contributed by atoms with Gasteiger partial charge in [-0.3, -0.25) is 0 Å². The normalized spacial score (nSPS) is 7.57. The van der Waals surface area contributed by atoms with Crippen LogP contribution in [0.25, 0.3) is 0 Å². The van der Waals surface area contributed by atoms with Crippen LogP contribution in [0.4, 0.5) is 0 Å². The first-order valence-electron chi connectivity index (χ1n) is 1.35. The molecule has 2 nitrogen and oxygen atoms in total. The van der Waals surface area contributed by atoms with Crippen molar-refractivity contribution < 1.29 is 0 Å². The maximum atomic E-state index is 3.88. The number of rotatable bonds is 0. The molecule has 1 rings (SSSR count). The Morgan fingerprint density at radius 2 is 2.43 bits per heavy atom. The second-order valence-electron chi connectivity index (χ2n) is 0.721. The third kappa shape index (κ3) is 2.35. The van der Waals surface area contributed by atoms with Gasteiger partial charge in [0, 0.05) is 18.9 Å². The Morgan fingerprint density at radius 3 is 2.57 bits per heavy atom. The molecule has 0 amide bonds. The third-order valence-electron chi connectivity index (χ3n) is 0.349. The number of thiol groups is 1. The summed E-state index contributed by atoms with van der Waals surface area (Å²) >= 11 is 5.30. The van der Waals surface area contributed by atoms with E-state index >= 15 is 0 Å². The van der Waals surface area contributed by atoms with Crippen LogP contribution in [-0.4, -0.2) is 29.1 Å². The van der Waals surface area contributed by atoms with E-state index in [1.807, 2.05) is 0 Å². The average Bonchev–Trinajstić information content (AvgIpc) is 1.86. The van der Waals surface area contributed by atoms with Crippen LogP contribution in [0.2, 0.25) is 0 Å². The quantitative estimate of drug-likeness (QED) is 0.402. The topological polar surface area (TPSA) is 25.8 Å². The van der Waals surface area contributed by atoms with Gasteiger partial charge in [0.15, 0.2) is 4.34 Å². The van der Waals surface area contributed by atoms with Crippen molar-refractivity contribution in [2.75, 3.05) is 0 Å². The predicted octanol–water partition coefficient (Wildman–Crippen LogP) is 0.446. The van der Waals surface area contributed by atoms with Crippen molar-refractivity contribution in [1.29, 1.82) is 0 Å². The Balaban J connectivity index is 0.000000360. The smallest absolute Gasteiger partial charge is 0.146 e. The number of nitrogens with zero attached hydrogens (tertiary/aromatic N) is 2. The molecule has 0 aliphatic carbocycles. The van der Waals surface area contributed by atoms with Crippen LogP contribution in [0.3, 0.4) is 0 Å². The molecule has 0 aromatic carbocycles. The maximum Gasteiger partial charge on any atom is 0.170 e. The predicted molar refractivity (Wildman–Crippen MR) is 32.9 cm³/mol. The van der Waals surface area contributed by atoms with Crippen LogP contribution in [0, 0.1) is 0 Å². The van der Waals surface area contributed by atoms with Crippen molar-refractivity contribution >= 4 is 42.8 Å². The molecule has 0 atom stereocenters. The van der Waals surface area contributed by atoms with E-state index in [4.69, 9.17) is 0 Å². The molecule has 33 valence electrons. The average molecular weight is 125 g/mol. The van der Waals surface area contributed by atoms with Crippen molar-refractivity contribution in [2.24, 2.45) is 0 Å². The minimum atomic E-state index is 0. The van der Waals surface area contributed by atoms with E-state index in [9.17, 15) is 0 Å². The van der Waals surface area contributed by atoms with Crippen LogP contribution in [0.15, 0.2) is 9.85 Å². The third-order valence-corrected chi connectivity index (χ3v) is 1.25. The fourth-order valence-electron chi connectivity index (χ4n) is 0.167. The molecule has 0 fully saturated rings. The molecule has 1 radical (unpaired) electrons. The summed E-state index contributed by atoms with van der Waals surface area (Å²) in [6, 6.07) is 0. The Morgan fingerprint density at radius 1 is 1.71 bits per heavy atom. The molecule has 1 heterocycles. The summed E-state index contributed by atoms with van der Waals surface area (Å²) in [7, 11) is 0. The van der Waals surface area contributed by atoms with Crippen LogP contribution in [-0.2, 0) is 0 Å². The molecule has 0 aliphatic rings. The second-order valence-corrected chi connectivity index (χ2v) is 2.28. The summed E-state index contributed by atoms with van der Waals surface area (Å²) in [4.78, 5) is 0. The van der Waals surface area contributed by atoms with E-state index in [1.54, 1.807) is 5.51 Å². The molecule has 0 bridgehead atoms. The van der Waals surface area contributed by atoms with Gasteiger partial charge in [-0.1, -0.05) is 11.3 Å². The summed E-state index contributed by atoms with van der Waals surface area (Å²) in [6.07, 6.45) is 0. The van der Waals surface area contributed by atoms with Gasteiger partial charge in [-0.05, 0) is 0 Å². The van der Waals surface area contributed by atoms with Crippen molar-refractivity contribution in [2.45, 2.75) is 4.34 Å². The Bertz CT molecular complexity index is 117. The van der Waals surface area contributed by atoms with E-state index in [1.165, 1.54) is 11.3 Å². The van der Waals surface area contributed by atoms with Crippen molar-refractivity contribution in [3.05, 3.63) is 5.51 Å². The van der Waals surface area contributed by atoms with Gasteiger partial charge in [0.1, 0.15) is 5.51 Å². The zero-order valence-corrected chi connectivity index (χ0v) is 5.54. The molecule has 1 aromatic rings. The Labute approximate surface area is 62.9 Å². The van der Waals surface area contributed by atoms with Gasteiger partial charge in [0.25, 0.3) is 0 Å². The van der Waals surface area contributed by atoms with Crippen LogP contribution in [0.5, 0.6) is 0 Å². The first-order valence-corrected chi connectivity index (χ1v) is 2.67. The minimum absolute atomic E-state index is 0. The zero-order valence-electron chi connectivity index (χ0n) is 3.83. The van der Waals surface area contributed by atoms with Gasteiger partial charge in [-0.25, -0.2) is 0 Å². The van der Waals surface area contributed by atoms with E-state index in [0.29, 0.717) is 0 Å². The first-order chi connectivity index (χ1) is 2.89. The van der Waals surface area contributed by atoms with Gasteiger partial charge in [0.05, 0.1) is 0 Å². The van der Waals surface area contributed by atoms with E-state index in [2.05, 4.69) is 22.8 Å². The van der Waals surface area contributed by atoms with Crippen molar-refractivity contribution in [1.82, 2.24) is 10.2 Å². The second kappa shape index (κ2) is 3.50. The molecular formula is C2H2LiN2S2. The number of aromatic nitrogens is 2. The van der Waals surface area contributed by atoms with Gasteiger partial charge >= 0.3 is 0 Å². The molecule has 0 saturated carbocycles. The molecule has 0 spiro atoms. The summed E-state index contributed by atoms with van der Waals surface area (Å²) in [5.41, 5.74) is 1.64. The SMILES string of the molecule is Sc1nncs1.[Li]. The molecule has 0 unspecified atom stereocenters. The minimum Gasteiger partial charge on any atom is -0.146 e. The molecule has 0 N–H and O–H groups in total. The zero-order chi connectivity index (χ0) is 4.41. The van der Waals surface area contributed by atoms with Gasteiger partial charge in [0.2, 0.25) is 0 Å². The van der Waals surface area contributed by atoms with E-state index in [-0.39, 0.29) is 18.9 Å². The Kier molecular flexibility index (Phi) is 3.76. The first kappa shape index (κ1) is 7.51. The summed E-state index contributed by atoms with van der Waals surface area (Å²) in [6.45, 7) is 0. The molecular weight excluding hydrogens is 123 g/mol. The van der Waals surface area contributed by atoms with Gasteiger partial charge in [-0.2, -0.15) is 0 Å². The van der Waals surface area contributed by atoms with Crippen LogP contribution in [0.1, 0.15) is 0 Å². The van der Waals surface area contributed by atoms with Crippen LogP contribution >= 0.6 is 24.0 Å². The fourth-order valence-corrected chi connectivity index (χ4v) is 0.643. The monoisotopic (exact) mass is 125 g/mol. The summed E-state index contributed by atoms with van der Waals surface area (Å²) < 4.78 is 0.718. The number of hydrogen-bond acceptors (Lipinski definition) is 4. The standard InChI is InChI=1S/C2H2N2S2.Li/c5-2-4-3-1-6-2;/h1H,(H,4,5);. The number of hydrogen-bond donors (Lipinski definition) is 1. The van der Waals surface area contributed by atoms with Crippen molar-refractivity contribution in [3.63, 3.8) is 0 Å². The summed E-state index contributed by atoms with van der Waals surface area (Å²) in [5.74, 6) is 0.